The minimum Gasteiger partial charge on any atom is -0.287 e. The van der Waals surface area contributed by atoms with Crippen molar-refractivity contribution < 1.29 is 0 Å². The van der Waals surface area contributed by atoms with Gasteiger partial charge in [0.15, 0.2) is 0 Å². The molecule has 0 unspecified atom stereocenters. The Morgan fingerprint density at radius 2 is 2.13 bits per heavy atom. The third kappa shape index (κ3) is 1.46. The van der Waals surface area contributed by atoms with Crippen LogP contribution < -0.4 is 0 Å². The van der Waals surface area contributed by atoms with E-state index in [4.69, 9.17) is 0 Å². The zero-order valence-electron chi connectivity index (χ0n) is 8.79. The van der Waals surface area contributed by atoms with Crippen molar-refractivity contribution >= 4 is 0 Å². The highest BCUT2D eigenvalue weighted by Crippen LogP contribution is 2.38. The van der Waals surface area contributed by atoms with Crippen molar-refractivity contribution in [3.63, 3.8) is 0 Å². The smallest absolute Gasteiger partial charge is 0.107 e. The monoisotopic (exact) mass is 201 g/mol. The van der Waals surface area contributed by atoms with Crippen molar-refractivity contribution in [1.29, 1.82) is 0 Å². The van der Waals surface area contributed by atoms with Crippen LogP contribution >= 0.6 is 0 Å². The Morgan fingerprint density at radius 3 is 2.80 bits per heavy atom. The first-order chi connectivity index (χ1) is 7.39. The number of nitrogens with zero attached hydrogens (tertiary/aromatic N) is 2. The Hall–Kier alpha value is -1.27. The molecule has 2 aliphatic rings. The molecule has 2 aliphatic heterocycles. The summed E-state index contributed by atoms with van der Waals surface area (Å²) in [7, 11) is 0. The van der Waals surface area contributed by atoms with Crippen LogP contribution in [0.2, 0.25) is 0 Å². The lowest BCUT2D eigenvalue weighted by Gasteiger charge is -2.25. The Morgan fingerprint density at radius 1 is 1.33 bits per heavy atom. The molecule has 3 rings (SSSR count). The van der Waals surface area contributed by atoms with Crippen LogP contribution in [0.5, 0.6) is 0 Å². The molecule has 0 spiro atoms. The first kappa shape index (κ1) is 8.99. The van der Waals surface area contributed by atoms with Gasteiger partial charge in [-0.25, -0.2) is 0 Å². The van der Waals surface area contributed by atoms with Crippen molar-refractivity contribution in [2.45, 2.75) is 31.2 Å². The van der Waals surface area contributed by atoms with Gasteiger partial charge in [0.2, 0.25) is 0 Å². The lowest BCUT2D eigenvalue weighted by atomic mass is 9.95. The quantitative estimate of drug-likeness (QED) is 0.643. The van der Waals surface area contributed by atoms with E-state index in [1.165, 1.54) is 38.8 Å². The normalized spacial score (nSPS) is 23.5. The Labute approximate surface area is 89.9 Å². The number of aromatic amines is 1. The fourth-order valence-corrected chi connectivity index (χ4v) is 2.82. The molecule has 15 heavy (non-hydrogen) atoms. The summed E-state index contributed by atoms with van der Waals surface area (Å²) in [5.74, 6) is 6.68. The fourth-order valence-electron chi connectivity index (χ4n) is 2.82. The Balaban J connectivity index is 1.87. The number of aromatic nitrogens is 2. The molecule has 0 bridgehead atoms. The summed E-state index contributed by atoms with van der Waals surface area (Å²) in [5, 5.41) is 6.81. The summed E-state index contributed by atoms with van der Waals surface area (Å²) in [6.07, 6.45) is 6.85. The molecule has 1 aromatic rings. The minimum absolute atomic E-state index is 0.200. The molecule has 3 heterocycles. The summed E-state index contributed by atoms with van der Waals surface area (Å²) in [4.78, 5) is 2.55. The van der Waals surface area contributed by atoms with Crippen LogP contribution in [0.15, 0.2) is 12.3 Å². The second kappa shape index (κ2) is 3.39. The van der Waals surface area contributed by atoms with E-state index in [1.807, 2.05) is 6.07 Å². The van der Waals surface area contributed by atoms with Gasteiger partial charge in [-0.3, -0.25) is 10.00 Å². The molecule has 0 radical (unpaired) electrons. The summed E-state index contributed by atoms with van der Waals surface area (Å²) in [6, 6.07) is 1.93. The topological polar surface area (TPSA) is 31.9 Å². The van der Waals surface area contributed by atoms with Crippen LogP contribution in [-0.2, 0) is 0 Å². The fraction of sp³-hybridized carbons (Fsp3) is 0.583. The van der Waals surface area contributed by atoms with Crippen LogP contribution in [0.25, 0.3) is 0 Å². The van der Waals surface area contributed by atoms with Gasteiger partial charge in [0, 0.05) is 6.20 Å². The predicted octanol–water partition coefficient (Wildman–Crippen LogP) is 1.39. The summed E-state index contributed by atoms with van der Waals surface area (Å²) >= 11 is 0. The molecule has 0 atom stereocenters. The molecular weight excluding hydrogens is 186 g/mol. The van der Waals surface area contributed by atoms with E-state index in [2.05, 4.69) is 26.9 Å². The zero-order chi connectivity index (χ0) is 10.1. The molecule has 2 fully saturated rings. The maximum Gasteiger partial charge on any atom is 0.107 e. The second-order valence-corrected chi connectivity index (χ2v) is 4.45. The number of hydrogen-bond acceptors (Lipinski definition) is 2. The van der Waals surface area contributed by atoms with Gasteiger partial charge >= 0.3 is 0 Å². The lowest BCUT2D eigenvalue weighted by molar-refractivity contribution is 0.261. The van der Waals surface area contributed by atoms with Gasteiger partial charge in [-0.2, -0.15) is 5.10 Å². The first-order valence-corrected chi connectivity index (χ1v) is 5.67. The predicted molar refractivity (Wildman–Crippen MR) is 58.2 cm³/mol. The summed E-state index contributed by atoms with van der Waals surface area (Å²) in [5.41, 5.74) is 1.13. The van der Waals surface area contributed by atoms with Gasteiger partial charge in [0.1, 0.15) is 5.69 Å². The molecule has 0 aliphatic carbocycles. The Kier molecular flexibility index (Phi) is 2.03. The van der Waals surface area contributed by atoms with E-state index >= 15 is 0 Å². The van der Waals surface area contributed by atoms with Crippen molar-refractivity contribution in [2.24, 2.45) is 0 Å². The maximum atomic E-state index is 3.91. The van der Waals surface area contributed by atoms with Gasteiger partial charge in [0.05, 0.1) is 5.54 Å². The largest absolute Gasteiger partial charge is 0.287 e. The van der Waals surface area contributed by atoms with Gasteiger partial charge in [0.25, 0.3) is 0 Å². The number of hydrogen-bond donors (Lipinski definition) is 1. The van der Waals surface area contributed by atoms with Crippen molar-refractivity contribution in [2.75, 3.05) is 13.1 Å². The minimum atomic E-state index is 0.200. The van der Waals surface area contributed by atoms with E-state index in [0.29, 0.717) is 0 Å². The van der Waals surface area contributed by atoms with E-state index < -0.39 is 0 Å². The first-order valence-electron chi connectivity index (χ1n) is 5.67. The summed E-state index contributed by atoms with van der Waals surface area (Å²) < 4.78 is 0. The molecule has 0 aromatic carbocycles. The van der Waals surface area contributed by atoms with Crippen LogP contribution in [0.4, 0.5) is 0 Å². The van der Waals surface area contributed by atoms with Gasteiger partial charge in [-0.1, -0.05) is 5.92 Å². The van der Waals surface area contributed by atoms with Crippen LogP contribution in [0.3, 0.4) is 0 Å². The van der Waals surface area contributed by atoms with Gasteiger partial charge in [-0.15, -0.1) is 0 Å². The molecule has 3 nitrogen and oxygen atoms in total. The molecule has 0 amide bonds. The average Bonchev–Trinajstić information content (AvgIpc) is 2.91. The lowest BCUT2D eigenvalue weighted by Crippen LogP contribution is -2.36. The standard InChI is InChI=1S/C12H15N3/c1-5-12(6-2-10-15(12)9-1)7-3-11-4-8-13-14-11/h4,8H,1-2,5-6,9-10H2,(H,13,14). The summed E-state index contributed by atoms with van der Waals surface area (Å²) in [6.45, 7) is 2.47. The second-order valence-electron chi connectivity index (χ2n) is 4.45. The number of fused-ring (bicyclic) bond motifs is 1. The molecule has 1 aromatic heterocycles. The highest BCUT2D eigenvalue weighted by Gasteiger charge is 2.42. The zero-order valence-corrected chi connectivity index (χ0v) is 8.79. The number of rotatable bonds is 0. The molecule has 1 N–H and O–H groups in total. The molecule has 78 valence electrons. The van der Waals surface area contributed by atoms with Gasteiger partial charge < -0.3 is 0 Å². The average molecular weight is 201 g/mol. The Bertz CT molecular complexity index is 386. The third-order valence-corrected chi connectivity index (χ3v) is 3.57. The maximum absolute atomic E-state index is 3.91. The molecule has 3 heteroatoms. The number of nitrogens with one attached hydrogen (secondary N) is 1. The number of H-pyrrole nitrogens is 1. The highest BCUT2D eigenvalue weighted by molar-refractivity contribution is 5.32. The molecular formula is C12H15N3. The molecule has 0 saturated carbocycles. The van der Waals surface area contributed by atoms with Crippen LogP contribution in [0, 0.1) is 11.8 Å². The SMILES string of the molecule is C(#CC12CCCN1CCC2)c1ccn[nH]1. The van der Waals surface area contributed by atoms with Gasteiger partial charge in [-0.05, 0) is 50.8 Å². The van der Waals surface area contributed by atoms with Crippen LogP contribution in [-0.4, -0.2) is 33.7 Å². The van der Waals surface area contributed by atoms with Crippen LogP contribution in [0.1, 0.15) is 31.4 Å². The van der Waals surface area contributed by atoms with Crippen molar-refractivity contribution in [3.8, 4) is 11.8 Å². The van der Waals surface area contributed by atoms with Crippen molar-refractivity contribution in [3.05, 3.63) is 18.0 Å². The van der Waals surface area contributed by atoms with Crippen molar-refractivity contribution in [1.82, 2.24) is 15.1 Å². The highest BCUT2D eigenvalue weighted by atomic mass is 15.2. The van der Waals surface area contributed by atoms with E-state index in [1.54, 1.807) is 6.20 Å². The van der Waals surface area contributed by atoms with E-state index in [9.17, 15) is 0 Å². The van der Waals surface area contributed by atoms with E-state index in [-0.39, 0.29) is 5.54 Å². The molecule has 2 saturated heterocycles. The van der Waals surface area contributed by atoms with E-state index in [0.717, 1.165) is 5.69 Å². The third-order valence-electron chi connectivity index (χ3n) is 3.57.